The van der Waals surface area contributed by atoms with Crippen LogP contribution in [0.4, 0.5) is 0 Å². The Labute approximate surface area is 71.2 Å². The molecular formula is C9H20OSi. The van der Waals surface area contributed by atoms with E-state index in [2.05, 4.69) is 33.5 Å². The van der Waals surface area contributed by atoms with E-state index in [4.69, 9.17) is 0 Å². The third-order valence-electron chi connectivity index (χ3n) is 2.07. The van der Waals surface area contributed by atoms with Crippen LogP contribution in [0.5, 0.6) is 0 Å². The highest BCUT2D eigenvalue weighted by Crippen LogP contribution is 2.13. The fraction of sp³-hybridized carbons (Fsp3) is 0.889. The van der Waals surface area contributed by atoms with E-state index >= 15 is 0 Å². The van der Waals surface area contributed by atoms with Crippen molar-refractivity contribution in [3.8, 4) is 0 Å². The number of hydrogen-bond donors (Lipinski definition) is 0. The summed E-state index contributed by atoms with van der Waals surface area (Å²) in [6, 6.07) is 0. The lowest BCUT2D eigenvalue weighted by Crippen LogP contribution is -2.34. The van der Waals surface area contributed by atoms with Crippen molar-refractivity contribution in [2.24, 2.45) is 5.92 Å². The summed E-state index contributed by atoms with van der Waals surface area (Å²) in [7, 11) is -1.48. The molecule has 2 heteroatoms. The lowest BCUT2D eigenvalue weighted by molar-refractivity contribution is -0.113. The normalized spacial score (nSPS) is 14.6. The summed E-state index contributed by atoms with van der Waals surface area (Å²) in [4.78, 5) is 11.5. The summed E-state index contributed by atoms with van der Waals surface area (Å²) in [6.45, 7) is 10.7. The van der Waals surface area contributed by atoms with Gasteiger partial charge in [-0.3, -0.25) is 0 Å². The van der Waals surface area contributed by atoms with Gasteiger partial charge >= 0.3 is 0 Å². The van der Waals surface area contributed by atoms with Crippen molar-refractivity contribution in [2.45, 2.75) is 46.3 Å². The van der Waals surface area contributed by atoms with Gasteiger partial charge in [-0.1, -0.05) is 39.9 Å². The lowest BCUT2D eigenvalue weighted by atomic mass is 10.1. The number of carbonyl (C=O) groups is 1. The summed E-state index contributed by atoms with van der Waals surface area (Å²) in [5.41, 5.74) is 0. The van der Waals surface area contributed by atoms with Gasteiger partial charge in [0.15, 0.2) is 0 Å². The Balaban J connectivity index is 3.88. The van der Waals surface area contributed by atoms with Gasteiger partial charge in [-0.15, -0.1) is 0 Å². The monoisotopic (exact) mass is 172 g/mol. The first-order valence-corrected chi connectivity index (χ1v) is 7.91. The molecule has 0 aliphatic heterocycles. The second-order valence-corrected chi connectivity index (χ2v) is 9.45. The average molecular weight is 172 g/mol. The largest absolute Gasteiger partial charge is 0.305 e. The van der Waals surface area contributed by atoms with Gasteiger partial charge in [0.1, 0.15) is 13.5 Å². The molecule has 66 valence electrons. The molecule has 0 radical (unpaired) electrons. The van der Waals surface area contributed by atoms with Gasteiger partial charge < -0.3 is 4.79 Å². The van der Waals surface area contributed by atoms with Gasteiger partial charge in [-0.25, -0.2) is 0 Å². The van der Waals surface area contributed by atoms with Crippen molar-refractivity contribution in [2.75, 3.05) is 0 Å². The Bertz CT molecular complexity index is 135. The molecule has 0 aromatic rings. The van der Waals surface area contributed by atoms with Crippen molar-refractivity contribution in [3.05, 3.63) is 0 Å². The van der Waals surface area contributed by atoms with Crippen molar-refractivity contribution >= 4 is 13.5 Å². The maximum atomic E-state index is 11.5. The molecule has 0 fully saturated rings. The van der Waals surface area contributed by atoms with Crippen molar-refractivity contribution in [1.82, 2.24) is 0 Å². The molecule has 0 unspecified atom stereocenters. The molecule has 0 amide bonds. The zero-order valence-electron chi connectivity index (χ0n) is 8.40. The molecular weight excluding hydrogens is 152 g/mol. The van der Waals surface area contributed by atoms with Crippen LogP contribution in [-0.4, -0.2) is 13.5 Å². The topological polar surface area (TPSA) is 17.1 Å². The molecule has 0 saturated heterocycles. The lowest BCUT2D eigenvalue weighted by Gasteiger charge is -2.16. The van der Waals surface area contributed by atoms with Gasteiger partial charge in [0, 0.05) is 6.42 Å². The average Bonchev–Trinajstić information content (AvgIpc) is 1.85. The van der Waals surface area contributed by atoms with E-state index in [1.54, 1.807) is 0 Å². The van der Waals surface area contributed by atoms with Crippen LogP contribution < -0.4 is 0 Å². The Morgan fingerprint density at radius 2 is 1.82 bits per heavy atom. The quantitative estimate of drug-likeness (QED) is 0.596. The molecule has 1 atom stereocenters. The third kappa shape index (κ3) is 4.35. The first-order valence-electron chi connectivity index (χ1n) is 4.41. The summed E-state index contributed by atoms with van der Waals surface area (Å²) in [5, 5.41) is 0.520. The SMILES string of the molecule is CC[C@H](C)CC(=O)[Si](C)(C)C. The number of hydrogen-bond acceptors (Lipinski definition) is 1. The van der Waals surface area contributed by atoms with E-state index < -0.39 is 8.07 Å². The van der Waals surface area contributed by atoms with Crippen LogP contribution in [-0.2, 0) is 4.79 Å². The molecule has 0 aromatic carbocycles. The van der Waals surface area contributed by atoms with Crippen LogP contribution in [0.15, 0.2) is 0 Å². The number of rotatable bonds is 4. The molecule has 0 heterocycles. The molecule has 0 rings (SSSR count). The molecule has 0 aliphatic carbocycles. The predicted molar refractivity (Wildman–Crippen MR) is 52.4 cm³/mol. The van der Waals surface area contributed by atoms with Crippen molar-refractivity contribution in [1.29, 1.82) is 0 Å². The minimum Gasteiger partial charge on any atom is -0.305 e. The fourth-order valence-electron chi connectivity index (χ4n) is 0.767. The van der Waals surface area contributed by atoms with Crippen LogP contribution in [0.25, 0.3) is 0 Å². The zero-order valence-corrected chi connectivity index (χ0v) is 9.40. The minimum absolute atomic E-state index is 0.520. The van der Waals surface area contributed by atoms with Gasteiger partial charge in [-0.2, -0.15) is 0 Å². The zero-order chi connectivity index (χ0) is 9.07. The maximum Gasteiger partial charge on any atom is 0.123 e. The summed E-state index contributed by atoms with van der Waals surface area (Å²) in [5.74, 6) is 0.578. The van der Waals surface area contributed by atoms with Crippen LogP contribution >= 0.6 is 0 Å². The Morgan fingerprint density at radius 3 is 2.09 bits per heavy atom. The molecule has 0 spiro atoms. The molecule has 1 nitrogen and oxygen atoms in total. The second kappa shape index (κ2) is 4.05. The highest BCUT2D eigenvalue weighted by Gasteiger charge is 2.24. The second-order valence-electron chi connectivity index (χ2n) is 4.39. The maximum absolute atomic E-state index is 11.5. The first-order chi connectivity index (χ1) is 4.88. The molecule has 11 heavy (non-hydrogen) atoms. The van der Waals surface area contributed by atoms with Crippen LogP contribution in [0.1, 0.15) is 26.7 Å². The smallest absolute Gasteiger partial charge is 0.123 e. The van der Waals surface area contributed by atoms with Crippen LogP contribution in [0.2, 0.25) is 19.6 Å². The minimum atomic E-state index is -1.48. The summed E-state index contributed by atoms with van der Waals surface area (Å²) >= 11 is 0. The van der Waals surface area contributed by atoms with Gasteiger partial charge in [0.25, 0.3) is 0 Å². The van der Waals surface area contributed by atoms with Gasteiger partial charge in [0.05, 0.1) is 0 Å². The van der Waals surface area contributed by atoms with E-state index in [0.29, 0.717) is 11.3 Å². The summed E-state index contributed by atoms with van der Waals surface area (Å²) < 4.78 is 0. The van der Waals surface area contributed by atoms with E-state index in [0.717, 1.165) is 12.8 Å². The standard InChI is InChI=1S/C9H20OSi/c1-6-8(2)7-9(10)11(3,4)5/h8H,6-7H2,1-5H3/t8-/m0/s1. The van der Waals surface area contributed by atoms with Gasteiger partial charge in [-0.05, 0) is 5.92 Å². The Hall–Kier alpha value is -0.113. The molecule has 0 aromatic heterocycles. The Morgan fingerprint density at radius 1 is 1.36 bits per heavy atom. The molecule has 0 N–H and O–H groups in total. The van der Waals surface area contributed by atoms with Crippen LogP contribution in [0, 0.1) is 5.92 Å². The highest BCUT2D eigenvalue weighted by molar-refractivity contribution is 7.03. The Kier molecular flexibility index (Phi) is 4.01. The first kappa shape index (κ1) is 10.9. The van der Waals surface area contributed by atoms with Crippen molar-refractivity contribution < 1.29 is 4.79 Å². The highest BCUT2D eigenvalue weighted by atomic mass is 28.3. The molecule has 0 bridgehead atoms. The number of carbonyl (C=O) groups excluding carboxylic acids is 1. The van der Waals surface area contributed by atoms with E-state index in [9.17, 15) is 4.79 Å². The van der Waals surface area contributed by atoms with E-state index in [-0.39, 0.29) is 0 Å². The van der Waals surface area contributed by atoms with E-state index in [1.807, 2.05) is 0 Å². The summed E-state index contributed by atoms with van der Waals surface area (Å²) in [6.07, 6.45) is 1.92. The van der Waals surface area contributed by atoms with E-state index in [1.165, 1.54) is 0 Å². The molecule has 0 saturated carbocycles. The van der Waals surface area contributed by atoms with Gasteiger partial charge in [0.2, 0.25) is 0 Å². The molecule has 0 aliphatic rings. The third-order valence-corrected chi connectivity index (χ3v) is 3.94. The predicted octanol–water partition coefficient (Wildman–Crippen LogP) is 2.87. The van der Waals surface area contributed by atoms with Crippen LogP contribution in [0.3, 0.4) is 0 Å². The van der Waals surface area contributed by atoms with Crippen molar-refractivity contribution in [3.63, 3.8) is 0 Å². The fourth-order valence-corrected chi connectivity index (χ4v) is 1.73.